The van der Waals surface area contributed by atoms with Crippen LogP contribution in [0.2, 0.25) is 0 Å². The molecule has 8 heteroatoms. The van der Waals surface area contributed by atoms with Crippen LogP contribution < -0.4 is 10.2 Å². The van der Waals surface area contributed by atoms with Crippen LogP contribution in [0.3, 0.4) is 0 Å². The summed E-state index contributed by atoms with van der Waals surface area (Å²) in [5, 5.41) is 4.31. The first kappa shape index (κ1) is 22.3. The van der Waals surface area contributed by atoms with Crippen LogP contribution in [-0.2, 0) is 16.1 Å². The predicted octanol–water partition coefficient (Wildman–Crippen LogP) is 5.82. The fourth-order valence-electron chi connectivity index (χ4n) is 3.76. The molecule has 0 spiro atoms. The number of anilines is 2. The Labute approximate surface area is 206 Å². The summed E-state index contributed by atoms with van der Waals surface area (Å²) in [6, 6.07) is 25.4. The van der Waals surface area contributed by atoms with Crippen molar-refractivity contribution in [2.45, 2.75) is 18.4 Å². The number of para-hydroxylation sites is 1. The standard InChI is InChI=1S/C26H22N4O2S2/c1-17(31)27-19-12-14-20(15-13-19)28-26-30(16-18-8-4-3-5-9-18)24(32)23(34-26)25-29(2)21-10-6-7-11-22(21)33-25/h3-15H,16H2,1-2H3,(H,27,31)/b25-23+,28-26?. The van der Waals surface area contributed by atoms with Crippen LogP contribution in [-0.4, -0.2) is 28.9 Å². The molecule has 170 valence electrons. The van der Waals surface area contributed by atoms with Gasteiger partial charge in [0.1, 0.15) is 4.91 Å². The first-order valence-corrected chi connectivity index (χ1v) is 12.4. The summed E-state index contributed by atoms with van der Waals surface area (Å²) in [6.07, 6.45) is 0. The summed E-state index contributed by atoms with van der Waals surface area (Å²) in [5.41, 5.74) is 3.55. The summed E-state index contributed by atoms with van der Waals surface area (Å²) in [7, 11) is 1.99. The maximum absolute atomic E-state index is 13.6. The molecule has 0 atom stereocenters. The molecule has 0 bridgehead atoms. The molecule has 1 fully saturated rings. The summed E-state index contributed by atoms with van der Waals surface area (Å²) < 4.78 is 0. The fourth-order valence-corrected chi connectivity index (χ4v) is 6.10. The highest BCUT2D eigenvalue weighted by Gasteiger charge is 2.39. The Morgan fingerprint density at radius 1 is 0.941 bits per heavy atom. The number of carbonyl (C=O) groups is 2. The van der Waals surface area contributed by atoms with E-state index in [1.165, 1.54) is 18.7 Å². The molecule has 6 nitrogen and oxygen atoms in total. The van der Waals surface area contributed by atoms with Gasteiger partial charge in [-0.3, -0.25) is 14.5 Å². The monoisotopic (exact) mass is 486 g/mol. The van der Waals surface area contributed by atoms with E-state index in [-0.39, 0.29) is 11.8 Å². The SMILES string of the molecule is CC(=O)Nc1ccc(N=C2S/C(=C3/Sc4ccccc4N3C)C(=O)N2Cc2ccccc2)cc1. The van der Waals surface area contributed by atoms with Crippen LogP contribution >= 0.6 is 23.5 Å². The number of hydrogen-bond donors (Lipinski definition) is 1. The molecular formula is C26H22N4O2S2. The van der Waals surface area contributed by atoms with Crippen LogP contribution in [0, 0.1) is 0 Å². The zero-order chi connectivity index (χ0) is 23.7. The van der Waals surface area contributed by atoms with Gasteiger partial charge in [-0.15, -0.1) is 0 Å². The fraction of sp³-hybridized carbons (Fsp3) is 0.115. The number of rotatable bonds is 4. The van der Waals surface area contributed by atoms with Crippen LogP contribution in [0.5, 0.6) is 0 Å². The van der Waals surface area contributed by atoms with Gasteiger partial charge in [0.15, 0.2) is 5.17 Å². The van der Waals surface area contributed by atoms with Gasteiger partial charge in [-0.25, -0.2) is 4.99 Å². The van der Waals surface area contributed by atoms with Crippen molar-refractivity contribution in [2.24, 2.45) is 4.99 Å². The van der Waals surface area contributed by atoms with Crippen LogP contribution in [0.1, 0.15) is 12.5 Å². The van der Waals surface area contributed by atoms with Crippen LogP contribution in [0.4, 0.5) is 17.1 Å². The quantitative estimate of drug-likeness (QED) is 0.471. The van der Waals surface area contributed by atoms with Gasteiger partial charge in [0.25, 0.3) is 5.91 Å². The molecule has 2 amide bonds. The molecule has 0 radical (unpaired) electrons. The maximum Gasteiger partial charge on any atom is 0.269 e. The molecule has 3 aromatic rings. The zero-order valence-electron chi connectivity index (χ0n) is 18.7. The molecule has 1 N–H and O–H groups in total. The topological polar surface area (TPSA) is 65.0 Å². The smallest absolute Gasteiger partial charge is 0.269 e. The number of aliphatic imine (C=N–C) groups is 1. The van der Waals surface area contributed by atoms with E-state index in [4.69, 9.17) is 4.99 Å². The summed E-state index contributed by atoms with van der Waals surface area (Å²) in [6.45, 7) is 1.91. The third-order valence-corrected chi connectivity index (χ3v) is 7.82. The number of hydrogen-bond acceptors (Lipinski definition) is 6. The molecule has 0 unspecified atom stereocenters. The molecular weight excluding hydrogens is 464 g/mol. The normalized spacial score (nSPS) is 18.5. The summed E-state index contributed by atoms with van der Waals surface area (Å²) in [5.74, 6) is -0.176. The second-order valence-corrected chi connectivity index (χ2v) is 9.87. The number of amides is 2. The van der Waals surface area contributed by atoms with Crippen molar-refractivity contribution >= 4 is 57.6 Å². The molecule has 2 heterocycles. The van der Waals surface area contributed by atoms with E-state index in [0.717, 1.165) is 21.2 Å². The van der Waals surface area contributed by atoms with E-state index in [1.54, 1.807) is 28.8 Å². The number of thioether (sulfide) groups is 2. The highest BCUT2D eigenvalue weighted by atomic mass is 32.2. The van der Waals surface area contributed by atoms with Gasteiger partial charge in [-0.05, 0) is 53.7 Å². The van der Waals surface area contributed by atoms with E-state index in [9.17, 15) is 9.59 Å². The number of amidine groups is 1. The number of nitrogens with one attached hydrogen (secondary N) is 1. The minimum atomic E-state index is -0.125. The van der Waals surface area contributed by atoms with Crippen molar-refractivity contribution in [1.29, 1.82) is 0 Å². The van der Waals surface area contributed by atoms with Crippen LogP contribution in [0.25, 0.3) is 0 Å². The average Bonchev–Trinajstić information content (AvgIpc) is 3.32. The summed E-state index contributed by atoms with van der Waals surface area (Å²) in [4.78, 5) is 35.4. The molecule has 2 aliphatic rings. The lowest BCUT2D eigenvalue weighted by molar-refractivity contribution is -0.122. The lowest BCUT2D eigenvalue weighted by Gasteiger charge is -2.17. The van der Waals surface area contributed by atoms with Crippen molar-refractivity contribution < 1.29 is 9.59 Å². The third kappa shape index (κ3) is 4.47. The summed E-state index contributed by atoms with van der Waals surface area (Å²) >= 11 is 3.01. The Morgan fingerprint density at radius 2 is 1.65 bits per heavy atom. The minimum absolute atomic E-state index is 0.0513. The maximum atomic E-state index is 13.6. The van der Waals surface area contributed by atoms with Gasteiger partial charge >= 0.3 is 0 Å². The van der Waals surface area contributed by atoms with Gasteiger partial charge in [0.05, 0.1) is 22.9 Å². The highest BCUT2D eigenvalue weighted by Crippen LogP contribution is 2.50. The Hall–Kier alpha value is -3.49. The minimum Gasteiger partial charge on any atom is -0.337 e. The zero-order valence-corrected chi connectivity index (χ0v) is 20.3. The lowest BCUT2D eigenvalue weighted by Crippen LogP contribution is -2.29. The van der Waals surface area contributed by atoms with Gasteiger partial charge in [0.2, 0.25) is 5.91 Å². The largest absolute Gasteiger partial charge is 0.337 e. The molecule has 34 heavy (non-hydrogen) atoms. The van der Waals surface area contributed by atoms with Crippen molar-refractivity contribution in [2.75, 3.05) is 17.3 Å². The van der Waals surface area contributed by atoms with Crippen molar-refractivity contribution in [3.05, 3.63) is 94.4 Å². The van der Waals surface area contributed by atoms with Gasteiger partial charge in [-0.1, -0.05) is 54.2 Å². The average molecular weight is 487 g/mol. The number of carbonyl (C=O) groups excluding carboxylic acids is 2. The molecule has 2 aliphatic heterocycles. The Bertz CT molecular complexity index is 1320. The van der Waals surface area contributed by atoms with E-state index < -0.39 is 0 Å². The predicted molar refractivity (Wildman–Crippen MR) is 140 cm³/mol. The van der Waals surface area contributed by atoms with Crippen molar-refractivity contribution in [1.82, 2.24) is 4.90 Å². The number of nitrogens with zero attached hydrogens (tertiary/aromatic N) is 3. The number of fused-ring (bicyclic) bond motifs is 1. The van der Waals surface area contributed by atoms with E-state index in [2.05, 4.69) is 22.3 Å². The second kappa shape index (κ2) is 9.40. The van der Waals surface area contributed by atoms with Crippen molar-refractivity contribution in [3.8, 4) is 0 Å². The second-order valence-electron chi connectivity index (χ2n) is 7.86. The first-order valence-electron chi connectivity index (χ1n) is 10.7. The molecule has 0 aliphatic carbocycles. The molecule has 3 aromatic carbocycles. The van der Waals surface area contributed by atoms with E-state index in [1.807, 2.05) is 61.6 Å². The molecule has 5 rings (SSSR count). The van der Waals surface area contributed by atoms with Gasteiger partial charge in [-0.2, -0.15) is 0 Å². The molecule has 1 saturated heterocycles. The Kier molecular flexibility index (Phi) is 6.17. The first-order chi connectivity index (χ1) is 16.5. The Morgan fingerprint density at radius 3 is 2.35 bits per heavy atom. The lowest BCUT2D eigenvalue weighted by atomic mass is 10.2. The third-order valence-electron chi connectivity index (χ3n) is 5.39. The van der Waals surface area contributed by atoms with Gasteiger partial charge < -0.3 is 10.2 Å². The Balaban J connectivity index is 1.51. The molecule has 0 aromatic heterocycles. The van der Waals surface area contributed by atoms with Crippen molar-refractivity contribution in [3.63, 3.8) is 0 Å². The highest BCUT2D eigenvalue weighted by molar-refractivity contribution is 8.19. The van der Waals surface area contributed by atoms with E-state index >= 15 is 0 Å². The van der Waals surface area contributed by atoms with E-state index in [0.29, 0.717) is 28.0 Å². The van der Waals surface area contributed by atoms with Gasteiger partial charge in [0, 0.05) is 24.6 Å². The molecule has 0 saturated carbocycles. The number of benzene rings is 3. The van der Waals surface area contributed by atoms with Crippen LogP contribution in [0.15, 0.2) is 98.7 Å².